The molecule has 6 heteroatoms. The van der Waals surface area contributed by atoms with E-state index in [1.54, 1.807) is 17.1 Å². The Morgan fingerprint density at radius 3 is 3.06 bits per heavy atom. The number of aliphatic hydroxyl groups is 1. The first-order valence-electron chi connectivity index (χ1n) is 4.66. The van der Waals surface area contributed by atoms with Crippen molar-refractivity contribution in [3.8, 4) is 11.3 Å². The molecule has 16 heavy (non-hydrogen) atoms. The molecule has 2 heterocycles. The maximum atomic E-state index is 8.91. The van der Waals surface area contributed by atoms with E-state index in [0.29, 0.717) is 11.7 Å². The van der Waals surface area contributed by atoms with Crippen molar-refractivity contribution < 1.29 is 5.11 Å². The minimum Gasteiger partial charge on any atom is -0.394 e. The second-order valence-electron chi connectivity index (χ2n) is 3.16. The highest BCUT2D eigenvalue weighted by molar-refractivity contribution is 9.10. The molecule has 0 saturated carbocycles. The largest absolute Gasteiger partial charge is 0.394 e. The molecule has 84 valence electrons. The molecule has 0 fully saturated rings. The van der Waals surface area contributed by atoms with Gasteiger partial charge in [0.1, 0.15) is 5.15 Å². The Labute approximate surface area is 106 Å². The summed E-state index contributed by atoms with van der Waals surface area (Å²) >= 11 is 9.37. The minimum atomic E-state index is 0.0354. The van der Waals surface area contributed by atoms with Crippen LogP contribution in [-0.2, 0) is 6.54 Å². The van der Waals surface area contributed by atoms with Crippen LogP contribution in [0.15, 0.2) is 29.0 Å². The summed E-state index contributed by atoms with van der Waals surface area (Å²) in [6.45, 7) is 0.471. The molecule has 0 aliphatic carbocycles. The molecule has 2 aromatic rings. The van der Waals surface area contributed by atoms with Crippen LogP contribution in [0.2, 0.25) is 5.15 Å². The van der Waals surface area contributed by atoms with Gasteiger partial charge in [0.2, 0.25) is 0 Å². The first-order valence-corrected chi connectivity index (χ1v) is 5.83. The van der Waals surface area contributed by atoms with Gasteiger partial charge < -0.3 is 5.11 Å². The molecule has 0 saturated heterocycles. The molecule has 0 aliphatic rings. The number of aromatic nitrogens is 3. The minimum absolute atomic E-state index is 0.0354. The fourth-order valence-corrected chi connectivity index (χ4v) is 1.97. The van der Waals surface area contributed by atoms with E-state index in [-0.39, 0.29) is 6.61 Å². The number of hydrogen-bond acceptors (Lipinski definition) is 3. The summed E-state index contributed by atoms with van der Waals surface area (Å²) in [6, 6.07) is 3.71. The molecule has 0 bridgehead atoms. The Balaban J connectivity index is 2.49. The van der Waals surface area contributed by atoms with Gasteiger partial charge in [0.05, 0.1) is 18.8 Å². The fourth-order valence-electron chi connectivity index (χ4n) is 1.44. The van der Waals surface area contributed by atoms with Gasteiger partial charge >= 0.3 is 0 Å². The van der Waals surface area contributed by atoms with E-state index in [4.69, 9.17) is 16.7 Å². The van der Waals surface area contributed by atoms with Crippen LogP contribution >= 0.6 is 27.5 Å². The SMILES string of the molecule is OCCn1nccc1-c1cc(Br)cnc1Cl. The number of pyridine rings is 1. The lowest BCUT2D eigenvalue weighted by atomic mass is 10.2. The van der Waals surface area contributed by atoms with E-state index >= 15 is 0 Å². The van der Waals surface area contributed by atoms with Gasteiger partial charge in [-0.3, -0.25) is 4.68 Å². The Kier molecular flexibility index (Phi) is 3.58. The maximum Gasteiger partial charge on any atom is 0.138 e. The van der Waals surface area contributed by atoms with Gasteiger partial charge in [-0.25, -0.2) is 4.98 Å². The van der Waals surface area contributed by atoms with Crippen LogP contribution in [0.1, 0.15) is 0 Å². The van der Waals surface area contributed by atoms with Crippen LogP contribution in [0.25, 0.3) is 11.3 Å². The van der Waals surface area contributed by atoms with Crippen LogP contribution < -0.4 is 0 Å². The van der Waals surface area contributed by atoms with Gasteiger partial charge in [0, 0.05) is 22.4 Å². The summed E-state index contributed by atoms with van der Waals surface area (Å²) in [7, 11) is 0. The molecule has 0 aromatic carbocycles. The van der Waals surface area contributed by atoms with Crippen molar-refractivity contribution in [2.45, 2.75) is 6.54 Å². The second-order valence-corrected chi connectivity index (χ2v) is 4.43. The first-order chi connectivity index (χ1) is 7.72. The van der Waals surface area contributed by atoms with Crippen LogP contribution in [0.5, 0.6) is 0 Å². The Morgan fingerprint density at radius 1 is 1.50 bits per heavy atom. The van der Waals surface area contributed by atoms with E-state index in [0.717, 1.165) is 15.7 Å². The highest BCUT2D eigenvalue weighted by Crippen LogP contribution is 2.28. The summed E-state index contributed by atoms with van der Waals surface area (Å²) in [5.74, 6) is 0. The smallest absolute Gasteiger partial charge is 0.138 e. The van der Waals surface area contributed by atoms with Gasteiger partial charge in [-0.05, 0) is 28.1 Å². The van der Waals surface area contributed by atoms with E-state index in [2.05, 4.69) is 26.0 Å². The van der Waals surface area contributed by atoms with Gasteiger partial charge in [-0.2, -0.15) is 5.10 Å². The van der Waals surface area contributed by atoms with E-state index in [1.807, 2.05) is 12.1 Å². The molecular weight excluding hydrogens is 293 g/mol. The number of aliphatic hydroxyl groups excluding tert-OH is 1. The lowest BCUT2D eigenvalue weighted by Gasteiger charge is -2.07. The third-order valence-electron chi connectivity index (χ3n) is 2.11. The zero-order valence-corrected chi connectivity index (χ0v) is 10.6. The fraction of sp³-hybridized carbons (Fsp3) is 0.200. The third-order valence-corrected chi connectivity index (χ3v) is 2.84. The van der Waals surface area contributed by atoms with Crippen molar-refractivity contribution in [2.24, 2.45) is 0 Å². The molecule has 0 amide bonds. The number of nitrogens with zero attached hydrogens (tertiary/aromatic N) is 3. The molecule has 4 nitrogen and oxygen atoms in total. The molecular formula is C10H9BrClN3O. The molecule has 2 rings (SSSR count). The van der Waals surface area contributed by atoms with Crippen molar-refractivity contribution in [2.75, 3.05) is 6.61 Å². The molecule has 0 unspecified atom stereocenters. The summed E-state index contributed by atoms with van der Waals surface area (Å²) in [5.41, 5.74) is 1.63. The lowest BCUT2D eigenvalue weighted by Crippen LogP contribution is -2.05. The normalized spacial score (nSPS) is 10.7. The molecule has 2 aromatic heterocycles. The quantitative estimate of drug-likeness (QED) is 0.886. The van der Waals surface area contributed by atoms with E-state index < -0.39 is 0 Å². The lowest BCUT2D eigenvalue weighted by molar-refractivity contribution is 0.270. The third kappa shape index (κ3) is 2.26. The molecule has 0 spiro atoms. The Hall–Kier alpha value is -0.910. The molecule has 0 radical (unpaired) electrons. The van der Waals surface area contributed by atoms with Crippen molar-refractivity contribution >= 4 is 27.5 Å². The van der Waals surface area contributed by atoms with Gasteiger partial charge in [0.15, 0.2) is 0 Å². The molecule has 0 aliphatic heterocycles. The van der Waals surface area contributed by atoms with E-state index in [9.17, 15) is 0 Å². The second kappa shape index (κ2) is 4.95. The van der Waals surface area contributed by atoms with Crippen LogP contribution in [0, 0.1) is 0 Å². The average molecular weight is 303 g/mol. The number of halogens is 2. The maximum absolute atomic E-state index is 8.91. The zero-order chi connectivity index (χ0) is 11.5. The number of rotatable bonds is 3. The van der Waals surface area contributed by atoms with Gasteiger partial charge in [-0.1, -0.05) is 11.6 Å². The average Bonchev–Trinajstić information content (AvgIpc) is 2.70. The topological polar surface area (TPSA) is 50.9 Å². The highest BCUT2D eigenvalue weighted by Gasteiger charge is 2.10. The standard InChI is InChI=1S/C10H9BrClN3O/c11-7-5-8(10(12)13-6-7)9-1-2-14-15(9)3-4-16/h1-2,5-6,16H,3-4H2. The first kappa shape index (κ1) is 11.6. The predicted octanol–water partition coefficient (Wildman–Crippen LogP) is 2.35. The summed E-state index contributed by atoms with van der Waals surface area (Å²) in [6.07, 6.45) is 3.31. The van der Waals surface area contributed by atoms with Crippen molar-refractivity contribution in [1.82, 2.24) is 14.8 Å². The molecule has 1 N–H and O–H groups in total. The number of hydrogen-bond donors (Lipinski definition) is 1. The van der Waals surface area contributed by atoms with Gasteiger partial charge in [0.25, 0.3) is 0 Å². The van der Waals surface area contributed by atoms with E-state index in [1.165, 1.54) is 0 Å². The highest BCUT2D eigenvalue weighted by atomic mass is 79.9. The Morgan fingerprint density at radius 2 is 2.31 bits per heavy atom. The van der Waals surface area contributed by atoms with Crippen molar-refractivity contribution in [3.63, 3.8) is 0 Å². The van der Waals surface area contributed by atoms with Crippen molar-refractivity contribution in [1.29, 1.82) is 0 Å². The predicted molar refractivity (Wildman–Crippen MR) is 65.3 cm³/mol. The summed E-state index contributed by atoms with van der Waals surface area (Å²) < 4.78 is 2.54. The summed E-state index contributed by atoms with van der Waals surface area (Å²) in [4.78, 5) is 4.05. The Bertz CT molecular complexity index is 501. The van der Waals surface area contributed by atoms with Crippen molar-refractivity contribution in [3.05, 3.63) is 34.2 Å². The van der Waals surface area contributed by atoms with Crippen LogP contribution in [0.3, 0.4) is 0 Å². The van der Waals surface area contributed by atoms with Gasteiger partial charge in [-0.15, -0.1) is 0 Å². The molecule has 0 atom stereocenters. The summed E-state index contributed by atoms with van der Waals surface area (Å²) in [5, 5.41) is 13.4. The van der Waals surface area contributed by atoms with Crippen LogP contribution in [-0.4, -0.2) is 26.5 Å². The monoisotopic (exact) mass is 301 g/mol. The zero-order valence-electron chi connectivity index (χ0n) is 8.27. The van der Waals surface area contributed by atoms with Crippen LogP contribution in [0.4, 0.5) is 0 Å².